The second-order valence-electron chi connectivity index (χ2n) is 10.2. The molecule has 41 heavy (non-hydrogen) atoms. The average Bonchev–Trinajstić information content (AvgIpc) is 3.45. The van der Waals surface area contributed by atoms with E-state index in [1.54, 1.807) is 19.1 Å². The van der Waals surface area contributed by atoms with Crippen LogP contribution in [-0.2, 0) is 26.2 Å². The van der Waals surface area contributed by atoms with Crippen LogP contribution >= 0.6 is 23.2 Å². The van der Waals surface area contributed by atoms with E-state index >= 15 is 0 Å². The lowest BCUT2D eigenvalue weighted by Crippen LogP contribution is -2.52. The molecular weight excluding hydrogens is 588 g/mol. The van der Waals surface area contributed by atoms with Gasteiger partial charge < -0.3 is 10.2 Å². The number of hydrogen-bond acceptors (Lipinski definition) is 4. The van der Waals surface area contributed by atoms with E-state index in [0.29, 0.717) is 5.56 Å². The van der Waals surface area contributed by atoms with Crippen molar-refractivity contribution in [2.45, 2.75) is 63.1 Å². The third-order valence-electron chi connectivity index (χ3n) is 7.20. The van der Waals surface area contributed by atoms with Gasteiger partial charge in [0, 0.05) is 17.6 Å². The van der Waals surface area contributed by atoms with Crippen molar-refractivity contribution in [1.29, 1.82) is 0 Å². The SMILES string of the molecule is Cc1ccc(S(=O)(=O)N(CC(=O)N(Cc2ccc(F)cc2)[C@H](C)C(=O)NC2CCCC2)c2cc(Cl)ccc2Cl)cc1. The highest BCUT2D eigenvalue weighted by molar-refractivity contribution is 7.92. The van der Waals surface area contributed by atoms with Crippen LogP contribution in [0.25, 0.3) is 0 Å². The fourth-order valence-electron chi connectivity index (χ4n) is 4.79. The van der Waals surface area contributed by atoms with Gasteiger partial charge in [-0.25, -0.2) is 12.8 Å². The van der Waals surface area contributed by atoms with Crippen LogP contribution in [0.2, 0.25) is 10.0 Å². The Morgan fingerprint density at radius 3 is 2.27 bits per heavy atom. The normalized spacial score (nSPS) is 14.5. The summed E-state index contributed by atoms with van der Waals surface area (Å²) in [6.07, 6.45) is 3.76. The van der Waals surface area contributed by atoms with Crippen molar-refractivity contribution in [2.24, 2.45) is 0 Å². The number of rotatable bonds is 10. The average molecular weight is 621 g/mol. The number of sulfonamides is 1. The molecule has 0 radical (unpaired) electrons. The number of carbonyl (C=O) groups excluding carboxylic acids is 2. The van der Waals surface area contributed by atoms with Gasteiger partial charge in [0.25, 0.3) is 10.0 Å². The minimum Gasteiger partial charge on any atom is -0.352 e. The van der Waals surface area contributed by atoms with Crippen LogP contribution in [0.5, 0.6) is 0 Å². The molecule has 0 heterocycles. The smallest absolute Gasteiger partial charge is 0.264 e. The van der Waals surface area contributed by atoms with E-state index in [9.17, 15) is 22.4 Å². The fourth-order valence-corrected chi connectivity index (χ4v) is 6.65. The highest BCUT2D eigenvalue weighted by Crippen LogP contribution is 2.33. The second kappa shape index (κ2) is 13.2. The first-order valence-electron chi connectivity index (χ1n) is 13.3. The number of carbonyl (C=O) groups is 2. The second-order valence-corrected chi connectivity index (χ2v) is 12.9. The summed E-state index contributed by atoms with van der Waals surface area (Å²) in [7, 11) is -4.29. The van der Waals surface area contributed by atoms with Crippen molar-refractivity contribution in [3.05, 3.63) is 93.7 Å². The van der Waals surface area contributed by atoms with Crippen molar-refractivity contribution in [2.75, 3.05) is 10.8 Å². The molecule has 0 aromatic heterocycles. The molecule has 11 heteroatoms. The molecule has 0 saturated heterocycles. The van der Waals surface area contributed by atoms with E-state index in [1.165, 1.54) is 59.5 Å². The van der Waals surface area contributed by atoms with Gasteiger partial charge in [0.15, 0.2) is 0 Å². The van der Waals surface area contributed by atoms with Gasteiger partial charge in [-0.1, -0.05) is 65.9 Å². The topological polar surface area (TPSA) is 86.8 Å². The number of amides is 2. The Hall–Kier alpha value is -3.14. The molecule has 0 bridgehead atoms. The van der Waals surface area contributed by atoms with Crippen LogP contribution in [0, 0.1) is 12.7 Å². The summed E-state index contributed by atoms with van der Waals surface area (Å²) in [6, 6.07) is 15.2. The Bertz CT molecular complexity index is 1500. The molecule has 1 N–H and O–H groups in total. The van der Waals surface area contributed by atoms with Crippen molar-refractivity contribution < 1.29 is 22.4 Å². The lowest BCUT2D eigenvalue weighted by molar-refractivity contribution is -0.139. The van der Waals surface area contributed by atoms with Crippen molar-refractivity contribution >= 4 is 50.7 Å². The Labute approximate surface area is 250 Å². The van der Waals surface area contributed by atoms with Gasteiger partial charge in [-0.05, 0) is 74.7 Å². The van der Waals surface area contributed by atoms with Gasteiger partial charge in [-0.2, -0.15) is 0 Å². The molecule has 0 spiro atoms. The summed E-state index contributed by atoms with van der Waals surface area (Å²) in [5.74, 6) is -1.43. The zero-order valence-electron chi connectivity index (χ0n) is 22.8. The van der Waals surface area contributed by atoms with Crippen molar-refractivity contribution in [3.8, 4) is 0 Å². The highest BCUT2D eigenvalue weighted by Gasteiger charge is 2.34. The molecule has 3 aromatic carbocycles. The maximum Gasteiger partial charge on any atom is 0.264 e. The molecule has 1 aliphatic carbocycles. The van der Waals surface area contributed by atoms with E-state index in [1.807, 2.05) is 6.92 Å². The number of nitrogens with one attached hydrogen (secondary N) is 1. The predicted octanol–water partition coefficient (Wildman–Crippen LogP) is 6.11. The number of hydrogen-bond donors (Lipinski definition) is 1. The first kappa shape index (κ1) is 30.8. The van der Waals surface area contributed by atoms with Gasteiger partial charge in [-0.3, -0.25) is 13.9 Å². The Kier molecular flexibility index (Phi) is 9.94. The molecule has 3 aromatic rings. The van der Waals surface area contributed by atoms with E-state index < -0.39 is 34.3 Å². The molecule has 1 atom stereocenters. The van der Waals surface area contributed by atoms with Crippen LogP contribution in [0.15, 0.2) is 71.6 Å². The van der Waals surface area contributed by atoms with Crippen LogP contribution in [0.3, 0.4) is 0 Å². The first-order valence-corrected chi connectivity index (χ1v) is 15.5. The van der Waals surface area contributed by atoms with Gasteiger partial charge in [0.05, 0.1) is 15.6 Å². The van der Waals surface area contributed by atoms with Crippen LogP contribution < -0.4 is 9.62 Å². The molecule has 7 nitrogen and oxygen atoms in total. The van der Waals surface area contributed by atoms with E-state index in [4.69, 9.17) is 23.2 Å². The lowest BCUT2D eigenvalue weighted by Gasteiger charge is -2.32. The molecule has 0 aliphatic heterocycles. The number of halogens is 3. The largest absolute Gasteiger partial charge is 0.352 e. The van der Waals surface area contributed by atoms with E-state index in [0.717, 1.165) is 35.6 Å². The van der Waals surface area contributed by atoms with E-state index in [-0.39, 0.29) is 39.1 Å². The summed E-state index contributed by atoms with van der Waals surface area (Å²) in [5.41, 5.74) is 1.46. The summed E-state index contributed by atoms with van der Waals surface area (Å²) in [4.78, 5) is 28.5. The minimum absolute atomic E-state index is 0.0244. The summed E-state index contributed by atoms with van der Waals surface area (Å²) in [6.45, 7) is 2.73. The third-order valence-corrected chi connectivity index (χ3v) is 9.53. The number of aryl methyl sites for hydroxylation is 1. The molecule has 4 rings (SSSR count). The summed E-state index contributed by atoms with van der Waals surface area (Å²) in [5, 5.41) is 3.32. The molecule has 1 saturated carbocycles. The third kappa shape index (κ3) is 7.58. The number of anilines is 1. The van der Waals surface area contributed by atoms with Crippen molar-refractivity contribution in [3.63, 3.8) is 0 Å². The maximum atomic E-state index is 14.0. The molecule has 2 amide bonds. The molecule has 218 valence electrons. The first-order chi connectivity index (χ1) is 19.5. The highest BCUT2D eigenvalue weighted by atomic mass is 35.5. The van der Waals surface area contributed by atoms with Crippen LogP contribution in [-0.4, -0.2) is 43.8 Å². The molecular formula is C30H32Cl2FN3O4S. The predicted molar refractivity (Wildman–Crippen MR) is 159 cm³/mol. The van der Waals surface area contributed by atoms with Crippen LogP contribution in [0.1, 0.15) is 43.7 Å². The molecule has 0 unspecified atom stereocenters. The van der Waals surface area contributed by atoms with Gasteiger partial charge >= 0.3 is 0 Å². The summed E-state index contributed by atoms with van der Waals surface area (Å²) >= 11 is 12.6. The number of nitrogens with zero attached hydrogens (tertiary/aromatic N) is 2. The fraction of sp³-hybridized carbons (Fsp3) is 0.333. The Balaban J connectivity index is 1.71. The maximum absolute atomic E-state index is 14.0. The van der Waals surface area contributed by atoms with Crippen molar-refractivity contribution in [1.82, 2.24) is 10.2 Å². The minimum atomic E-state index is -4.29. The van der Waals surface area contributed by atoms with Gasteiger partial charge in [0.1, 0.15) is 18.4 Å². The monoisotopic (exact) mass is 619 g/mol. The molecule has 1 aliphatic rings. The van der Waals surface area contributed by atoms with E-state index in [2.05, 4.69) is 5.32 Å². The number of benzene rings is 3. The van der Waals surface area contributed by atoms with Crippen LogP contribution in [0.4, 0.5) is 10.1 Å². The zero-order valence-corrected chi connectivity index (χ0v) is 25.1. The standard InChI is InChI=1S/C30H32Cl2FN3O4S/c1-20-7-14-26(15-8-20)41(39,40)36(28-17-23(31)11-16-27(28)32)19-29(37)35(18-22-9-12-24(33)13-10-22)21(2)30(38)34-25-5-3-4-6-25/h7-17,21,25H,3-6,18-19H2,1-2H3,(H,34,38)/t21-/m1/s1. The quantitative estimate of drug-likeness (QED) is 0.296. The summed E-state index contributed by atoms with van der Waals surface area (Å²) < 4.78 is 42.4. The Morgan fingerprint density at radius 2 is 1.63 bits per heavy atom. The van der Waals surface area contributed by atoms with Gasteiger partial charge in [-0.15, -0.1) is 0 Å². The lowest BCUT2D eigenvalue weighted by atomic mass is 10.1. The van der Waals surface area contributed by atoms with Gasteiger partial charge in [0.2, 0.25) is 11.8 Å². The molecule has 1 fully saturated rings. The zero-order chi connectivity index (χ0) is 29.7. The Morgan fingerprint density at radius 1 is 1.00 bits per heavy atom.